The fraction of sp³-hybridized carbons (Fsp3) is 0.235. The topological polar surface area (TPSA) is 52.5 Å². The molecule has 4 heteroatoms. The van der Waals surface area contributed by atoms with E-state index in [4.69, 9.17) is 15.5 Å². The van der Waals surface area contributed by atoms with Crippen molar-refractivity contribution in [3.8, 4) is 17.0 Å². The average Bonchev–Trinajstić information content (AvgIpc) is 2.78. The highest BCUT2D eigenvalue weighted by Crippen LogP contribution is 2.27. The SMILES string of the molecule is CCOc1ccc(-c2nc3cc(C)c(N)cn3c2C)cc1. The standard InChI is InChI=1S/C17H19N3O/c1-4-21-14-7-5-13(6-8-14)17-12(3)20-10-15(18)11(2)9-16(20)19-17/h5-10H,4,18H2,1-3H3. The monoisotopic (exact) mass is 281 g/mol. The number of anilines is 1. The molecule has 4 nitrogen and oxygen atoms in total. The highest BCUT2D eigenvalue weighted by Gasteiger charge is 2.11. The number of ether oxygens (including phenoxy) is 1. The zero-order valence-corrected chi connectivity index (χ0v) is 12.6. The molecular weight excluding hydrogens is 262 g/mol. The second-order valence-electron chi connectivity index (χ2n) is 5.14. The average molecular weight is 281 g/mol. The summed E-state index contributed by atoms with van der Waals surface area (Å²) < 4.78 is 7.51. The van der Waals surface area contributed by atoms with Crippen molar-refractivity contribution in [3.63, 3.8) is 0 Å². The van der Waals surface area contributed by atoms with Crippen LogP contribution in [0.2, 0.25) is 0 Å². The lowest BCUT2D eigenvalue weighted by atomic mass is 10.1. The van der Waals surface area contributed by atoms with Crippen molar-refractivity contribution < 1.29 is 4.74 Å². The molecule has 0 fully saturated rings. The van der Waals surface area contributed by atoms with Crippen molar-refractivity contribution in [3.05, 3.63) is 47.8 Å². The zero-order valence-electron chi connectivity index (χ0n) is 12.6. The van der Waals surface area contributed by atoms with E-state index in [9.17, 15) is 0 Å². The van der Waals surface area contributed by atoms with Crippen LogP contribution in [0.25, 0.3) is 16.9 Å². The van der Waals surface area contributed by atoms with Crippen LogP contribution in [0.4, 0.5) is 5.69 Å². The van der Waals surface area contributed by atoms with Crippen LogP contribution in [0.1, 0.15) is 18.2 Å². The van der Waals surface area contributed by atoms with Crippen LogP contribution in [0, 0.1) is 13.8 Å². The predicted octanol–water partition coefficient (Wildman–Crippen LogP) is 3.60. The molecule has 0 bridgehead atoms. The minimum atomic E-state index is 0.672. The molecule has 0 aliphatic rings. The Kier molecular flexibility index (Phi) is 3.29. The van der Waals surface area contributed by atoms with Gasteiger partial charge in [-0.2, -0.15) is 0 Å². The Morgan fingerprint density at radius 1 is 1.19 bits per heavy atom. The van der Waals surface area contributed by atoms with Crippen molar-refractivity contribution in [1.82, 2.24) is 9.38 Å². The lowest BCUT2D eigenvalue weighted by molar-refractivity contribution is 0.340. The number of hydrogen-bond donors (Lipinski definition) is 1. The van der Waals surface area contributed by atoms with Gasteiger partial charge in [0.2, 0.25) is 0 Å². The van der Waals surface area contributed by atoms with Gasteiger partial charge in [-0.1, -0.05) is 0 Å². The summed E-state index contributed by atoms with van der Waals surface area (Å²) in [7, 11) is 0. The van der Waals surface area contributed by atoms with Crippen molar-refractivity contribution >= 4 is 11.3 Å². The van der Waals surface area contributed by atoms with Crippen LogP contribution in [0.5, 0.6) is 5.75 Å². The third kappa shape index (κ3) is 2.33. The van der Waals surface area contributed by atoms with Crippen molar-refractivity contribution in [1.29, 1.82) is 0 Å². The van der Waals surface area contributed by atoms with Gasteiger partial charge in [0.25, 0.3) is 0 Å². The fourth-order valence-electron chi connectivity index (χ4n) is 2.47. The molecule has 3 aromatic rings. The smallest absolute Gasteiger partial charge is 0.138 e. The Labute approximate surface area is 124 Å². The van der Waals surface area contributed by atoms with Crippen LogP contribution in [0.15, 0.2) is 36.5 Å². The van der Waals surface area contributed by atoms with Gasteiger partial charge in [-0.25, -0.2) is 4.98 Å². The number of fused-ring (bicyclic) bond motifs is 1. The quantitative estimate of drug-likeness (QED) is 0.798. The highest BCUT2D eigenvalue weighted by molar-refractivity contribution is 5.68. The zero-order chi connectivity index (χ0) is 15.0. The minimum Gasteiger partial charge on any atom is -0.494 e. The second-order valence-corrected chi connectivity index (χ2v) is 5.14. The molecule has 2 heterocycles. The molecule has 21 heavy (non-hydrogen) atoms. The first-order chi connectivity index (χ1) is 10.1. The summed E-state index contributed by atoms with van der Waals surface area (Å²) >= 11 is 0. The molecule has 0 unspecified atom stereocenters. The normalized spacial score (nSPS) is 11.0. The summed E-state index contributed by atoms with van der Waals surface area (Å²) in [4.78, 5) is 4.73. The van der Waals surface area contributed by atoms with Gasteiger partial charge in [0.05, 0.1) is 18.0 Å². The summed E-state index contributed by atoms with van der Waals surface area (Å²) in [5.41, 5.74) is 11.9. The lowest BCUT2D eigenvalue weighted by Gasteiger charge is -2.04. The summed E-state index contributed by atoms with van der Waals surface area (Å²) in [5, 5.41) is 0. The van der Waals surface area contributed by atoms with E-state index in [2.05, 4.69) is 6.92 Å². The predicted molar refractivity (Wildman–Crippen MR) is 85.7 cm³/mol. The van der Waals surface area contributed by atoms with E-state index in [-0.39, 0.29) is 0 Å². The maximum Gasteiger partial charge on any atom is 0.138 e. The maximum absolute atomic E-state index is 5.99. The van der Waals surface area contributed by atoms with Gasteiger partial charge < -0.3 is 14.9 Å². The van der Waals surface area contributed by atoms with Gasteiger partial charge >= 0.3 is 0 Å². The van der Waals surface area contributed by atoms with Crippen LogP contribution >= 0.6 is 0 Å². The Morgan fingerprint density at radius 2 is 1.90 bits per heavy atom. The van der Waals surface area contributed by atoms with Crippen molar-refractivity contribution in [2.75, 3.05) is 12.3 Å². The fourth-order valence-corrected chi connectivity index (χ4v) is 2.47. The van der Waals surface area contributed by atoms with E-state index in [0.717, 1.165) is 39.6 Å². The van der Waals surface area contributed by atoms with E-state index in [1.807, 2.05) is 54.8 Å². The molecule has 0 radical (unpaired) electrons. The largest absolute Gasteiger partial charge is 0.494 e. The van der Waals surface area contributed by atoms with Crippen LogP contribution in [-0.4, -0.2) is 16.0 Å². The third-order valence-electron chi connectivity index (χ3n) is 3.69. The summed E-state index contributed by atoms with van der Waals surface area (Å²) in [6.45, 7) is 6.70. The second kappa shape index (κ2) is 5.13. The minimum absolute atomic E-state index is 0.672. The van der Waals surface area contributed by atoms with E-state index >= 15 is 0 Å². The number of imidazole rings is 1. The summed E-state index contributed by atoms with van der Waals surface area (Å²) in [6, 6.07) is 10.0. The van der Waals surface area contributed by atoms with Gasteiger partial charge in [0.1, 0.15) is 11.4 Å². The van der Waals surface area contributed by atoms with Crippen LogP contribution < -0.4 is 10.5 Å². The molecule has 0 saturated heterocycles. The molecule has 108 valence electrons. The first-order valence-corrected chi connectivity index (χ1v) is 7.08. The first-order valence-electron chi connectivity index (χ1n) is 7.08. The molecule has 0 spiro atoms. The number of pyridine rings is 1. The van der Waals surface area contributed by atoms with Crippen LogP contribution in [0.3, 0.4) is 0 Å². The molecule has 3 rings (SSSR count). The molecular formula is C17H19N3O. The van der Waals surface area contributed by atoms with Crippen molar-refractivity contribution in [2.24, 2.45) is 0 Å². The number of rotatable bonds is 3. The molecule has 0 saturated carbocycles. The van der Waals surface area contributed by atoms with E-state index in [1.165, 1.54) is 0 Å². The molecule has 0 aliphatic carbocycles. The number of nitrogens with two attached hydrogens (primary N) is 1. The number of aryl methyl sites for hydroxylation is 2. The Morgan fingerprint density at radius 3 is 2.57 bits per heavy atom. The van der Waals surface area contributed by atoms with Gasteiger partial charge in [0.15, 0.2) is 0 Å². The van der Waals surface area contributed by atoms with E-state index in [1.54, 1.807) is 0 Å². The summed E-state index contributed by atoms with van der Waals surface area (Å²) in [6.07, 6.45) is 1.94. The molecule has 2 aromatic heterocycles. The number of aromatic nitrogens is 2. The molecule has 2 N–H and O–H groups in total. The third-order valence-corrected chi connectivity index (χ3v) is 3.69. The van der Waals surface area contributed by atoms with E-state index in [0.29, 0.717) is 6.61 Å². The van der Waals surface area contributed by atoms with Gasteiger partial charge in [-0.3, -0.25) is 0 Å². The number of benzene rings is 1. The van der Waals surface area contributed by atoms with E-state index < -0.39 is 0 Å². The number of hydrogen-bond acceptors (Lipinski definition) is 3. The van der Waals surface area contributed by atoms with Gasteiger partial charge in [0, 0.05) is 17.5 Å². The molecule has 0 aliphatic heterocycles. The lowest BCUT2D eigenvalue weighted by Crippen LogP contribution is -1.95. The highest BCUT2D eigenvalue weighted by atomic mass is 16.5. The van der Waals surface area contributed by atoms with Crippen molar-refractivity contribution in [2.45, 2.75) is 20.8 Å². The molecule has 1 aromatic carbocycles. The Balaban J connectivity index is 2.09. The van der Waals surface area contributed by atoms with Crippen LogP contribution in [-0.2, 0) is 0 Å². The Bertz CT molecular complexity index is 788. The Hall–Kier alpha value is -2.49. The maximum atomic E-state index is 5.99. The number of nitrogen functional groups attached to an aromatic ring is 1. The number of nitrogens with zero attached hydrogens (tertiary/aromatic N) is 2. The molecule has 0 atom stereocenters. The first kappa shape index (κ1) is 13.5. The summed E-state index contributed by atoms with van der Waals surface area (Å²) in [5.74, 6) is 0.878. The van der Waals surface area contributed by atoms with Gasteiger partial charge in [-0.05, 0) is 56.7 Å². The van der Waals surface area contributed by atoms with Gasteiger partial charge in [-0.15, -0.1) is 0 Å². The molecule has 0 amide bonds.